The van der Waals surface area contributed by atoms with E-state index in [1.54, 1.807) is 30.5 Å². The van der Waals surface area contributed by atoms with Crippen LogP contribution in [0.15, 0.2) is 35.8 Å². The van der Waals surface area contributed by atoms with Gasteiger partial charge in [0.2, 0.25) is 5.91 Å². The predicted molar refractivity (Wildman–Crippen MR) is 84.2 cm³/mol. The minimum Gasteiger partial charge on any atom is -0.493 e. The average Bonchev–Trinajstić information content (AvgIpc) is 2.95. The minimum atomic E-state index is -0.466. The molecular formula is C15H19N3O2S. The highest BCUT2D eigenvalue weighted by atomic mass is 32.1. The number of thiazole rings is 1. The Hall–Kier alpha value is -2.08. The van der Waals surface area contributed by atoms with E-state index in [1.807, 2.05) is 19.2 Å². The summed E-state index contributed by atoms with van der Waals surface area (Å²) in [6.07, 6.45) is 2.03. The Morgan fingerprint density at radius 1 is 1.38 bits per heavy atom. The van der Waals surface area contributed by atoms with E-state index in [0.717, 1.165) is 5.01 Å². The molecule has 1 aromatic heterocycles. The zero-order chi connectivity index (χ0) is 15.3. The molecule has 6 heteroatoms. The van der Waals surface area contributed by atoms with Crippen molar-refractivity contribution in [1.82, 2.24) is 10.3 Å². The fraction of sp³-hybridized carbons (Fsp3) is 0.333. The molecule has 0 saturated carbocycles. The molecule has 0 unspecified atom stereocenters. The highest BCUT2D eigenvalue weighted by molar-refractivity contribution is 7.09. The number of hydrogen-bond acceptors (Lipinski definition) is 5. The molecule has 2 aromatic rings. The Labute approximate surface area is 128 Å². The molecule has 3 N–H and O–H groups in total. The molecule has 112 valence electrons. The van der Waals surface area contributed by atoms with E-state index in [4.69, 9.17) is 10.5 Å². The molecule has 2 rings (SSSR count). The summed E-state index contributed by atoms with van der Waals surface area (Å²) >= 11 is 1.52. The predicted octanol–water partition coefficient (Wildman–Crippen LogP) is 2.55. The van der Waals surface area contributed by atoms with Crippen LogP contribution in [0, 0.1) is 0 Å². The molecule has 0 saturated heterocycles. The number of ether oxygens (including phenoxy) is 1. The van der Waals surface area contributed by atoms with Crippen LogP contribution in [0.1, 0.15) is 25.3 Å². The molecule has 0 aliphatic carbocycles. The molecule has 1 aromatic carbocycles. The maximum absolute atomic E-state index is 12.0. The summed E-state index contributed by atoms with van der Waals surface area (Å²) in [5.41, 5.74) is 5.81. The van der Waals surface area contributed by atoms with Gasteiger partial charge in [-0.05, 0) is 38.1 Å². The Bertz CT molecular complexity index is 579. The summed E-state index contributed by atoms with van der Waals surface area (Å²) in [4.78, 5) is 16.2. The van der Waals surface area contributed by atoms with Crippen molar-refractivity contribution >= 4 is 22.9 Å². The van der Waals surface area contributed by atoms with Gasteiger partial charge < -0.3 is 15.8 Å². The highest BCUT2D eigenvalue weighted by Crippen LogP contribution is 2.22. The first-order valence-electron chi connectivity index (χ1n) is 6.67. The van der Waals surface area contributed by atoms with Crippen LogP contribution in [-0.4, -0.2) is 17.5 Å². The maximum Gasteiger partial charge on any atom is 0.224 e. The third kappa shape index (κ3) is 4.46. The van der Waals surface area contributed by atoms with Crippen LogP contribution < -0.4 is 15.8 Å². The minimum absolute atomic E-state index is 0.0642. The van der Waals surface area contributed by atoms with Crippen molar-refractivity contribution in [3.63, 3.8) is 0 Å². The van der Waals surface area contributed by atoms with Crippen molar-refractivity contribution < 1.29 is 9.53 Å². The summed E-state index contributed by atoms with van der Waals surface area (Å²) in [5, 5.41) is 5.74. The summed E-state index contributed by atoms with van der Waals surface area (Å²) in [7, 11) is 0. The number of benzene rings is 1. The van der Waals surface area contributed by atoms with Crippen molar-refractivity contribution in [3.05, 3.63) is 40.8 Å². The van der Waals surface area contributed by atoms with Crippen LogP contribution in [-0.2, 0) is 10.3 Å². The van der Waals surface area contributed by atoms with Crippen LogP contribution in [0.3, 0.4) is 0 Å². The van der Waals surface area contributed by atoms with Crippen molar-refractivity contribution in [1.29, 1.82) is 0 Å². The van der Waals surface area contributed by atoms with Crippen LogP contribution in [0.2, 0.25) is 0 Å². The monoisotopic (exact) mass is 305 g/mol. The van der Waals surface area contributed by atoms with Gasteiger partial charge in [-0.15, -0.1) is 11.3 Å². The Balaban J connectivity index is 1.78. The van der Waals surface area contributed by atoms with E-state index in [9.17, 15) is 4.79 Å². The number of amides is 1. The number of rotatable bonds is 6. The maximum atomic E-state index is 12.0. The number of hydrogen-bond donors (Lipinski definition) is 2. The third-order valence-corrected chi connectivity index (χ3v) is 3.99. The molecule has 1 heterocycles. The SMILES string of the molecule is CC(C)(NC(=O)CCOc1ccc(N)cc1)c1nccs1. The molecule has 5 nitrogen and oxygen atoms in total. The van der Waals surface area contributed by atoms with Gasteiger partial charge in [0.25, 0.3) is 0 Å². The van der Waals surface area contributed by atoms with Gasteiger partial charge in [0.1, 0.15) is 10.8 Å². The van der Waals surface area contributed by atoms with Gasteiger partial charge in [-0.1, -0.05) is 0 Å². The fourth-order valence-corrected chi connectivity index (χ4v) is 2.54. The lowest BCUT2D eigenvalue weighted by molar-refractivity contribution is -0.123. The Morgan fingerprint density at radius 2 is 2.10 bits per heavy atom. The van der Waals surface area contributed by atoms with Crippen LogP contribution in [0.4, 0.5) is 5.69 Å². The quantitative estimate of drug-likeness (QED) is 0.804. The summed E-state index contributed by atoms with van der Waals surface area (Å²) in [6, 6.07) is 7.10. The first kappa shape index (κ1) is 15.3. The van der Waals surface area contributed by atoms with Crippen molar-refractivity contribution in [2.45, 2.75) is 25.8 Å². The van der Waals surface area contributed by atoms with Crippen molar-refractivity contribution in [2.24, 2.45) is 0 Å². The van der Waals surface area contributed by atoms with E-state index in [1.165, 1.54) is 11.3 Å². The lowest BCUT2D eigenvalue weighted by atomic mass is 10.1. The molecule has 0 fully saturated rings. The highest BCUT2D eigenvalue weighted by Gasteiger charge is 2.25. The van der Waals surface area contributed by atoms with E-state index in [-0.39, 0.29) is 5.91 Å². The second-order valence-electron chi connectivity index (χ2n) is 5.18. The van der Waals surface area contributed by atoms with Gasteiger partial charge in [0.15, 0.2) is 0 Å². The van der Waals surface area contributed by atoms with Crippen molar-refractivity contribution in [2.75, 3.05) is 12.3 Å². The Kier molecular flexibility index (Phi) is 4.80. The number of anilines is 1. The fourth-order valence-electron chi connectivity index (χ4n) is 1.82. The summed E-state index contributed by atoms with van der Waals surface area (Å²) in [5.74, 6) is 0.641. The zero-order valence-corrected chi connectivity index (χ0v) is 12.9. The number of nitrogens with one attached hydrogen (secondary N) is 1. The first-order chi connectivity index (χ1) is 9.97. The largest absolute Gasteiger partial charge is 0.493 e. The van der Waals surface area contributed by atoms with Gasteiger partial charge >= 0.3 is 0 Å². The molecule has 0 aliphatic rings. The third-order valence-electron chi connectivity index (χ3n) is 2.90. The van der Waals surface area contributed by atoms with Crippen LogP contribution in [0.5, 0.6) is 5.75 Å². The summed E-state index contributed by atoms with van der Waals surface area (Å²) < 4.78 is 5.51. The molecule has 0 atom stereocenters. The molecule has 1 amide bonds. The van der Waals surface area contributed by atoms with Gasteiger partial charge in [0, 0.05) is 17.3 Å². The summed E-state index contributed by atoms with van der Waals surface area (Å²) in [6.45, 7) is 4.19. The average molecular weight is 305 g/mol. The zero-order valence-electron chi connectivity index (χ0n) is 12.1. The van der Waals surface area contributed by atoms with Crippen LogP contribution >= 0.6 is 11.3 Å². The van der Waals surface area contributed by atoms with Gasteiger partial charge in [-0.3, -0.25) is 4.79 Å². The van der Waals surface area contributed by atoms with E-state index < -0.39 is 5.54 Å². The second kappa shape index (κ2) is 6.58. The van der Waals surface area contributed by atoms with E-state index in [2.05, 4.69) is 10.3 Å². The smallest absolute Gasteiger partial charge is 0.224 e. The molecule has 21 heavy (non-hydrogen) atoms. The lowest BCUT2D eigenvalue weighted by Crippen LogP contribution is -2.41. The van der Waals surface area contributed by atoms with E-state index in [0.29, 0.717) is 24.5 Å². The number of nitrogen functional groups attached to an aromatic ring is 1. The number of carbonyl (C=O) groups is 1. The second-order valence-corrected chi connectivity index (χ2v) is 6.07. The first-order valence-corrected chi connectivity index (χ1v) is 7.55. The Morgan fingerprint density at radius 3 is 2.71 bits per heavy atom. The van der Waals surface area contributed by atoms with Gasteiger partial charge in [0.05, 0.1) is 18.6 Å². The normalized spacial score (nSPS) is 11.1. The molecule has 0 spiro atoms. The number of carbonyl (C=O) groups excluding carboxylic acids is 1. The molecule has 0 bridgehead atoms. The molecular weight excluding hydrogens is 286 g/mol. The van der Waals surface area contributed by atoms with E-state index >= 15 is 0 Å². The number of aromatic nitrogens is 1. The van der Waals surface area contributed by atoms with Crippen LogP contribution in [0.25, 0.3) is 0 Å². The lowest BCUT2D eigenvalue weighted by Gasteiger charge is -2.23. The van der Waals surface area contributed by atoms with Gasteiger partial charge in [-0.2, -0.15) is 0 Å². The topological polar surface area (TPSA) is 77.2 Å². The van der Waals surface area contributed by atoms with Gasteiger partial charge in [-0.25, -0.2) is 4.98 Å². The van der Waals surface area contributed by atoms with Crippen molar-refractivity contribution in [3.8, 4) is 5.75 Å². The molecule has 0 radical (unpaired) electrons. The number of nitrogens with zero attached hydrogens (tertiary/aromatic N) is 1. The standard InChI is InChI=1S/C15H19N3O2S/c1-15(2,14-17-8-10-21-14)18-13(19)7-9-20-12-5-3-11(16)4-6-12/h3-6,8,10H,7,9,16H2,1-2H3,(H,18,19). The molecule has 0 aliphatic heterocycles. The number of nitrogens with two attached hydrogens (primary N) is 1.